The van der Waals surface area contributed by atoms with E-state index in [-0.39, 0.29) is 11.3 Å². The fraction of sp³-hybridized carbons (Fsp3) is 0.200. The molecule has 0 radical (unpaired) electrons. The first-order valence-corrected chi connectivity index (χ1v) is 9.85. The van der Waals surface area contributed by atoms with Crippen LogP contribution in [0.15, 0.2) is 77.2 Å². The van der Waals surface area contributed by atoms with Crippen LogP contribution in [0.25, 0.3) is 17.4 Å². The SMILES string of the molecule is N#CC1(c2ccc(NC(=O)/C=C/c3ccc(-c4ccccc4)o3)cc2)CCCC1. The number of nitriles is 1. The number of nitrogens with one attached hydrogen (secondary N) is 1. The van der Waals surface area contributed by atoms with Crippen LogP contribution in [0.2, 0.25) is 0 Å². The molecule has 1 aromatic heterocycles. The van der Waals surface area contributed by atoms with E-state index in [1.807, 2.05) is 66.7 Å². The van der Waals surface area contributed by atoms with Gasteiger partial charge in [0.1, 0.15) is 11.5 Å². The van der Waals surface area contributed by atoms with Crippen molar-refractivity contribution in [2.24, 2.45) is 0 Å². The highest BCUT2D eigenvalue weighted by Crippen LogP contribution is 2.40. The lowest BCUT2D eigenvalue weighted by atomic mass is 9.80. The Bertz CT molecular complexity index is 1050. The number of rotatable bonds is 5. The minimum Gasteiger partial charge on any atom is -0.457 e. The highest BCUT2D eigenvalue weighted by Gasteiger charge is 2.35. The van der Waals surface area contributed by atoms with Gasteiger partial charge in [-0.15, -0.1) is 0 Å². The maximum Gasteiger partial charge on any atom is 0.248 e. The number of furan rings is 1. The van der Waals surface area contributed by atoms with Crippen LogP contribution < -0.4 is 5.32 Å². The van der Waals surface area contributed by atoms with Gasteiger partial charge in [0.25, 0.3) is 0 Å². The van der Waals surface area contributed by atoms with E-state index in [1.54, 1.807) is 6.08 Å². The van der Waals surface area contributed by atoms with E-state index >= 15 is 0 Å². The lowest BCUT2D eigenvalue weighted by Gasteiger charge is -2.20. The number of carbonyl (C=O) groups excluding carboxylic acids is 1. The topological polar surface area (TPSA) is 66.0 Å². The van der Waals surface area contributed by atoms with Gasteiger partial charge in [0, 0.05) is 17.3 Å². The molecule has 1 heterocycles. The van der Waals surface area contributed by atoms with Gasteiger partial charge >= 0.3 is 0 Å². The molecule has 2 aromatic carbocycles. The molecule has 0 saturated heterocycles. The van der Waals surface area contributed by atoms with Crippen LogP contribution >= 0.6 is 0 Å². The van der Waals surface area contributed by atoms with Crippen LogP contribution in [0.5, 0.6) is 0 Å². The second kappa shape index (κ2) is 8.20. The summed E-state index contributed by atoms with van der Waals surface area (Å²) in [7, 11) is 0. The average Bonchev–Trinajstić information content (AvgIpc) is 3.44. The Kier molecular flexibility index (Phi) is 5.31. The third kappa shape index (κ3) is 4.14. The smallest absolute Gasteiger partial charge is 0.248 e. The van der Waals surface area contributed by atoms with E-state index in [0.29, 0.717) is 11.4 Å². The van der Waals surface area contributed by atoms with Gasteiger partial charge in [0.2, 0.25) is 5.91 Å². The Morgan fingerprint density at radius 2 is 1.72 bits per heavy atom. The van der Waals surface area contributed by atoms with E-state index in [0.717, 1.165) is 42.6 Å². The number of nitrogens with zero attached hydrogens (tertiary/aromatic N) is 1. The Morgan fingerprint density at radius 3 is 2.41 bits per heavy atom. The van der Waals surface area contributed by atoms with Crippen molar-refractivity contribution in [3.63, 3.8) is 0 Å². The molecule has 0 aliphatic heterocycles. The van der Waals surface area contributed by atoms with Crippen LogP contribution in [0, 0.1) is 11.3 Å². The number of amides is 1. The average molecular weight is 382 g/mol. The fourth-order valence-corrected chi connectivity index (χ4v) is 3.86. The van der Waals surface area contributed by atoms with Gasteiger partial charge in [-0.3, -0.25) is 4.79 Å². The summed E-state index contributed by atoms with van der Waals surface area (Å²) >= 11 is 0. The second-order valence-electron chi connectivity index (χ2n) is 7.37. The second-order valence-corrected chi connectivity index (χ2v) is 7.37. The summed E-state index contributed by atoms with van der Waals surface area (Å²) in [6.45, 7) is 0. The number of hydrogen-bond donors (Lipinski definition) is 1. The molecule has 0 atom stereocenters. The quantitative estimate of drug-likeness (QED) is 0.556. The number of benzene rings is 2. The Morgan fingerprint density at radius 1 is 1.00 bits per heavy atom. The summed E-state index contributed by atoms with van der Waals surface area (Å²) in [5, 5.41) is 12.4. The summed E-state index contributed by atoms with van der Waals surface area (Å²) in [6, 6.07) is 23.7. The monoisotopic (exact) mass is 382 g/mol. The van der Waals surface area contributed by atoms with Crippen molar-refractivity contribution in [2.45, 2.75) is 31.1 Å². The number of carbonyl (C=O) groups is 1. The summed E-state index contributed by atoms with van der Waals surface area (Å²) in [5.41, 5.74) is 2.38. The normalized spacial score (nSPS) is 15.3. The van der Waals surface area contributed by atoms with Gasteiger partial charge in [-0.1, -0.05) is 55.3 Å². The standard InChI is InChI=1S/C25H22N2O2/c26-18-25(16-4-5-17-25)20-8-10-21(11-9-20)27-24(28)15-13-22-12-14-23(29-22)19-6-2-1-3-7-19/h1-3,6-15H,4-5,16-17H2,(H,27,28)/b15-13+. The van der Waals surface area contributed by atoms with E-state index in [4.69, 9.17) is 4.42 Å². The molecule has 0 spiro atoms. The Hall–Kier alpha value is -3.58. The molecular formula is C25H22N2O2. The molecule has 29 heavy (non-hydrogen) atoms. The molecule has 0 unspecified atom stereocenters. The lowest BCUT2D eigenvalue weighted by molar-refractivity contribution is -0.111. The molecule has 1 aliphatic carbocycles. The van der Waals surface area contributed by atoms with Crippen molar-refractivity contribution < 1.29 is 9.21 Å². The molecule has 4 rings (SSSR count). The van der Waals surface area contributed by atoms with Gasteiger partial charge in [0.15, 0.2) is 0 Å². The minimum atomic E-state index is -0.363. The summed E-state index contributed by atoms with van der Waals surface area (Å²) < 4.78 is 5.77. The van der Waals surface area contributed by atoms with Crippen molar-refractivity contribution in [3.05, 3.63) is 84.1 Å². The highest BCUT2D eigenvalue weighted by atomic mass is 16.3. The molecule has 144 valence electrons. The molecule has 0 bridgehead atoms. The molecule has 1 aliphatic rings. The van der Waals surface area contributed by atoms with Crippen LogP contribution in [0.4, 0.5) is 5.69 Å². The summed E-state index contributed by atoms with van der Waals surface area (Å²) in [4.78, 5) is 12.2. The Balaban J connectivity index is 1.39. The maximum absolute atomic E-state index is 12.2. The summed E-state index contributed by atoms with van der Waals surface area (Å²) in [6.07, 6.45) is 7.11. The van der Waals surface area contributed by atoms with Crippen molar-refractivity contribution in [1.29, 1.82) is 5.26 Å². The van der Waals surface area contributed by atoms with Crippen molar-refractivity contribution >= 4 is 17.7 Å². The zero-order valence-corrected chi connectivity index (χ0v) is 16.1. The van der Waals surface area contributed by atoms with Crippen LogP contribution in [0.1, 0.15) is 37.0 Å². The predicted octanol–water partition coefficient (Wildman–Crippen LogP) is 5.93. The molecule has 1 N–H and O–H groups in total. The first-order valence-electron chi connectivity index (χ1n) is 9.85. The van der Waals surface area contributed by atoms with Gasteiger partial charge in [-0.05, 0) is 48.7 Å². The van der Waals surface area contributed by atoms with Gasteiger partial charge in [0.05, 0.1) is 11.5 Å². The zero-order valence-electron chi connectivity index (χ0n) is 16.1. The fourth-order valence-electron chi connectivity index (χ4n) is 3.86. The zero-order chi connectivity index (χ0) is 20.1. The molecular weight excluding hydrogens is 360 g/mol. The maximum atomic E-state index is 12.2. The first kappa shape index (κ1) is 18.8. The van der Waals surface area contributed by atoms with Crippen molar-refractivity contribution in [1.82, 2.24) is 0 Å². The summed E-state index contributed by atoms with van der Waals surface area (Å²) in [5.74, 6) is 1.15. The molecule has 3 aromatic rings. The largest absolute Gasteiger partial charge is 0.457 e. The molecule has 1 fully saturated rings. The Labute approximate surface area is 170 Å². The van der Waals surface area contributed by atoms with Gasteiger partial charge < -0.3 is 9.73 Å². The molecule has 1 amide bonds. The molecule has 4 nitrogen and oxygen atoms in total. The minimum absolute atomic E-state index is 0.230. The van der Waals surface area contributed by atoms with Crippen LogP contribution in [-0.2, 0) is 10.2 Å². The van der Waals surface area contributed by atoms with E-state index in [9.17, 15) is 10.1 Å². The van der Waals surface area contributed by atoms with Gasteiger partial charge in [-0.25, -0.2) is 0 Å². The van der Waals surface area contributed by atoms with Crippen LogP contribution in [-0.4, -0.2) is 5.91 Å². The highest BCUT2D eigenvalue weighted by molar-refractivity contribution is 6.01. The first-order chi connectivity index (χ1) is 14.2. The van der Waals surface area contributed by atoms with Gasteiger partial charge in [-0.2, -0.15) is 5.26 Å². The van der Waals surface area contributed by atoms with Crippen molar-refractivity contribution in [3.8, 4) is 17.4 Å². The van der Waals surface area contributed by atoms with E-state index in [1.165, 1.54) is 6.08 Å². The number of hydrogen-bond acceptors (Lipinski definition) is 3. The number of anilines is 1. The third-order valence-electron chi connectivity index (χ3n) is 5.46. The van der Waals surface area contributed by atoms with Crippen molar-refractivity contribution in [2.75, 3.05) is 5.32 Å². The van der Waals surface area contributed by atoms with Crippen LogP contribution in [0.3, 0.4) is 0 Å². The van der Waals surface area contributed by atoms with E-state index < -0.39 is 0 Å². The predicted molar refractivity (Wildman–Crippen MR) is 114 cm³/mol. The molecule has 4 heteroatoms. The molecule has 1 saturated carbocycles. The lowest BCUT2D eigenvalue weighted by Crippen LogP contribution is -2.19. The third-order valence-corrected chi connectivity index (χ3v) is 5.46. The van der Waals surface area contributed by atoms with E-state index in [2.05, 4.69) is 11.4 Å².